The average molecular weight is 319 g/mol. The van der Waals surface area contributed by atoms with E-state index in [4.69, 9.17) is 4.74 Å². The zero-order chi connectivity index (χ0) is 17.0. The van der Waals surface area contributed by atoms with Gasteiger partial charge in [-0.2, -0.15) is 0 Å². The zero-order valence-corrected chi connectivity index (χ0v) is 14.9. The molecule has 2 rings (SSSR count). The largest absolute Gasteiger partial charge is 0.372 e. The molecule has 1 N–H and O–H groups in total. The van der Waals surface area contributed by atoms with Crippen molar-refractivity contribution in [2.75, 3.05) is 19.6 Å². The van der Waals surface area contributed by atoms with Gasteiger partial charge in [-0.15, -0.1) is 0 Å². The van der Waals surface area contributed by atoms with Crippen LogP contribution in [0.25, 0.3) is 0 Å². The molecule has 5 heteroatoms. The van der Waals surface area contributed by atoms with Crippen LogP contribution in [-0.2, 0) is 9.53 Å². The van der Waals surface area contributed by atoms with Crippen molar-refractivity contribution in [1.82, 2.24) is 15.2 Å². The summed E-state index contributed by atoms with van der Waals surface area (Å²) in [7, 11) is 0. The Kier molecular flexibility index (Phi) is 6.13. The van der Waals surface area contributed by atoms with Gasteiger partial charge in [-0.25, -0.2) is 0 Å². The molecule has 1 aliphatic heterocycles. The topological polar surface area (TPSA) is 54.5 Å². The van der Waals surface area contributed by atoms with Crippen LogP contribution in [0.2, 0.25) is 0 Å². The molecule has 0 aliphatic carbocycles. The van der Waals surface area contributed by atoms with E-state index in [0.29, 0.717) is 25.6 Å². The van der Waals surface area contributed by atoms with Crippen LogP contribution in [0.4, 0.5) is 0 Å². The molecule has 23 heavy (non-hydrogen) atoms. The van der Waals surface area contributed by atoms with Gasteiger partial charge in [-0.1, -0.05) is 19.9 Å². The number of carbonyl (C=O) groups excluding carboxylic acids is 1. The molecule has 2 heterocycles. The van der Waals surface area contributed by atoms with Gasteiger partial charge in [0.1, 0.15) is 0 Å². The summed E-state index contributed by atoms with van der Waals surface area (Å²) >= 11 is 0. The maximum Gasteiger partial charge on any atom is 0.236 e. The van der Waals surface area contributed by atoms with Crippen molar-refractivity contribution in [2.24, 2.45) is 5.92 Å². The van der Waals surface area contributed by atoms with Crippen molar-refractivity contribution in [3.63, 3.8) is 0 Å². The molecule has 5 nitrogen and oxygen atoms in total. The SMILES string of the molecule is Cc1cccnc1[C@H](NCC(=O)N1C[C@@H](C)O[C@@H](C)C1)C(C)C. The lowest BCUT2D eigenvalue weighted by atomic mass is 9.97. The Morgan fingerprint density at radius 1 is 1.39 bits per heavy atom. The summed E-state index contributed by atoms with van der Waals surface area (Å²) < 4.78 is 5.69. The van der Waals surface area contributed by atoms with Crippen LogP contribution in [0.3, 0.4) is 0 Å². The normalized spacial score (nSPS) is 23.1. The van der Waals surface area contributed by atoms with Crippen LogP contribution >= 0.6 is 0 Å². The lowest BCUT2D eigenvalue weighted by molar-refractivity contribution is -0.142. The second-order valence-electron chi connectivity index (χ2n) is 6.86. The van der Waals surface area contributed by atoms with Gasteiger partial charge in [0.2, 0.25) is 5.91 Å². The molecule has 1 saturated heterocycles. The molecule has 1 aromatic rings. The molecule has 0 unspecified atom stereocenters. The molecular weight excluding hydrogens is 290 g/mol. The number of ether oxygens (including phenoxy) is 1. The quantitative estimate of drug-likeness (QED) is 0.905. The minimum Gasteiger partial charge on any atom is -0.372 e. The summed E-state index contributed by atoms with van der Waals surface area (Å²) in [5, 5.41) is 3.41. The van der Waals surface area contributed by atoms with Crippen molar-refractivity contribution < 1.29 is 9.53 Å². The number of aryl methyl sites for hydroxylation is 1. The van der Waals surface area contributed by atoms with Crippen molar-refractivity contribution in [3.05, 3.63) is 29.6 Å². The standard InChI is InChI=1S/C18H29N3O2/c1-12(2)17(18-13(3)7-6-8-19-18)20-9-16(22)21-10-14(4)23-15(5)11-21/h6-8,12,14-15,17,20H,9-11H2,1-5H3/t14-,15+,17-/m1/s1. The maximum atomic E-state index is 12.5. The summed E-state index contributed by atoms with van der Waals surface area (Å²) in [6, 6.07) is 4.08. The molecular formula is C18H29N3O2. The number of nitrogens with zero attached hydrogens (tertiary/aromatic N) is 2. The summed E-state index contributed by atoms with van der Waals surface area (Å²) in [6.45, 7) is 12.0. The van der Waals surface area contributed by atoms with Gasteiger partial charge < -0.3 is 9.64 Å². The van der Waals surface area contributed by atoms with Gasteiger partial charge in [0, 0.05) is 19.3 Å². The smallest absolute Gasteiger partial charge is 0.236 e. The summed E-state index contributed by atoms with van der Waals surface area (Å²) in [5.74, 6) is 0.491. The highest BCUT2D eigenvalue weighted by atomic mass is 16.5. The Morgan fingerprint density at radius 3 is 2.61 bits per heavy atom. The molecule has 0 radical (unpaired) electrons. The lowest BCUT2D eigenvalue weighted by Crippen LogP contribution is -2.51. The van der Waals surface area contributed by atoms with Crippen molar-refractivity contribution in [2.45, 2.75) is 52.9 Å². The molecule has 1 amide bonds. The number of rotatable bonds is 5. The number of nitrogens with one attached hydrogen (secondary N) is 1. The van der Waals surface area contributed by atoms with Gasteiger partial charge in [0.25, 0.3) is 0 Å². The van der Waals surface area contributed by atoms with E-state index in [1.165, 1.54) is 0 Å². The van der Waals surface area contributed by atoms with Crippen molar-refractivity contribution >= 4 is 5.91 Å². The fourth-order valence-electron chi connectivity index (χ4n) is 3.16. The highest BCUT2D eigenvalue weighted by Gasteiger charge is 2.27. The van der Waals surface area contributed by atoms with Crippen LogP contribution in [0.1, 0.15) is 45.0 Å². The number of morpholine rings is 1. The monoisotopic (exact) mass is 319 g/mol. The third-order valence-electron chi connectivity index (χ3n) is 4.26. The molecule has 128 valence electrons. The molecule has 1 fully saturated rings. The Balaban J connectivity index is 1.99. The first-order valence-corrected chi connectivity index (χ1v) is 8.46. The molecule has 0 saturated carbocycles. The average Bonchev–Trinajstić information content (AvgIpc) is 2.47. The van der Waals surface area contributed by atoms with Crippen LogP contribution in [0, 0.1) is 12.8 Å². The van der Waals surface area contributed by atoms with Gasteiger partial charge in [0.05, 0.1) is 30.5 Å². The lowest BCUT2D eigenvalue weighted by Gasteiger charge is -2.36. The third kappa shape index (κ3) is 4.75. The number of aromatic nitrogens is 1. The fourth-order valence-corrected chi connectivity index (χ4v) is 3.16. The van der Waals surface area contributed by atoms with Crippen LogP contribution in [0.15, 0.2) is 18.3 Å². The third-order valence-corrected chi connectivity index (χ3v) is 4.26. The van der Waals surface area contributed by atoms with Gasteiger partial charge >= 0.3 is 0 Å². The maximum absolute atomic E-state index is 12.5. The van der Waals surface area contributed by atoms with E-state index >= 15 is 0 Å². The second kappa shape index (κ2) is 7.88. The first-order valence-electron chi connectivity index (χ1n) is 8.46. The Morgan fingerprint density at radius 2 is 2.04 bits per heavy atom. The number of hydrogen-bond acceptors (Lipinski definition) is 4. The van der Waals surface area contributed by atoms with E-state index in [9.17, 15) is 4.79 Å². The molecule has 3 atom stereocenters. The number of hydrogen-bond donors (Lipinski definition) is 1. The molecule has 0 spiro atoms. The molecule has 0 bridgehead atoms. The number of pyridine rings is 1. The van der Waals surface area contributed by atoms with E-state index in [0.717, 1.165) is 11.3 Å². The van der Waals surface area contributed by atoms with Crippen LogP contribution in [-0.4, -0.2) is 47.6 Å². The van der Waals surface area contributed by atoms with Gasteiger partial charge in [-0.05, 0) is 38.3 Å². The predicted octanol–water partition coefficient (Wildman–Crippen LogP) is 2.31. The van der Waals surface area contributed by atoms with Gasteiger partial charge in [-0.3, -0.25) is 15.1 Å². The minimum absolute atomic E-state index is 0.0797. The highest BCUT2D eigenvalue weighted by molar-refractivity contribution is 5.78. The predicted molar refractivity (Wildman–Crippen MR) is 91.1 cm³/mol. The Labute approximate surface area is 139 Å². The van der Waals surface area contributed by atoms with E-state index in [-0.39, 0.29) is 24.2 Å². The molecule has 1 aliphatic rings. The summed E-state index contributed by atoms with van der Waals surface area (Å²) in [4.78, 5) is 18.9. The number of amides is 1. The van der Waals surface area contributed by atoms with E-state index in [1.54, 1.807) is 0 Å². The van der Waals surface area contributed by atoms with Gasteiger partial charge in [0.15, 0.2) is 0 Å². The van der Waals surface area contributed by atoms with Crippen LogP contribution < -0.4 is 5.32 Å². The molecule has 1 aromatic heterocycles. The van der Waals surface area contributed by atoms with Crippen LogP contribution in [0.5, 0.6) is 0 Å². The van der Waals surface area contributed by atoms with E-state index < -0.39 is 0 Å². The zero-order valence-electron chi connectivity index (χ0n) is 14.9. The second-order valence-corrected chi connectivity index (χ2v) is 6.86. The van der Waals surface area contributed by atoms with Crippen molar-refractivity contribution in [1.29, 1.82) is 0 Å². The Bertz CT molecular complexity index is 523. The summed E-state index contributed by atoms with van der Waals surface area (Å²) in [6.07, 6.45) is 2.01. The van der Waals surface area contributed by atoms with E-state index in [2.05, 4.69) is 37.1 Å². The first-order chi connectivity index (χ1) is 10.9. The summed E-state index contributed by atoms with van der Waals surface area (Å²) in [5.41, 5.74) is 2.18. The minimum atomic E-state index is 0.0797. The highest BCUT2D eigenvalue weighted by Crippen LogP contribution is 2.22. The first kappa shape index (κ1) is 17.9. The molecule has 0 aromatic carbocycles. The van der Waals surface area contributed by atoms with Crippen molar-refractivity contribution in [3.8, 4) is 0 Å². The van der Waals surface area contributed by atoms with E-state index in [1.807, 2.05) is 31.0 Å². The Hall–Kier alpha value is -1.46. The number of carbonyl (C=O) groups is 1. The fraction of sp³-hybridized carbons (Fsp3) is 0.667.